The van der Waals surface area contributed by atoms with Crippen LogP contribution in [-0.4, -0.2) is 35.9 Å². The first-order valence-corrected chi connectivity index (χ1v) is 9.57. The van der Waals surface area contributed by atoms with Crippen molar-refractivity contribution in [1.29, 1.82) is 0 Å². The van der Waals surface area contributed by atoms with Gasteiger partial charge in [0.15, 0.2) is 0 Å². The molecule has 0 aromatic heterocycles. The molecule has 0 bridgehead atoms. The van der Waals surface area contributed by atoms with Crippen LogP contribution in [0.25, 0.3) is 6.08 Å². The number of imide groups is 1. The van der Waals surface area contributed by atoms with Gasteiger partial charge in [-0.25, -0.2) is 9.69 Å². The van der Waals surface area contributed by atoms with Crippen LogP contribution in [0.5, 0.6) is 5.75 Å². The molecule has 1 heterocycles. The molecule has 2 N–H and O–H groups in total. The van der Waals surface area contributed by atoms with Crippen LogP contribution in [0.3, 0.4) is 0 Å². The van der Waals surface area contributed by atoms with Crippen LogP contribution in [0.2, 0.25) is 0 Å². The fourth-order valence-electron chi connectivity index (χ4n) is 2.94. The molecule has 154 valence electrons. The second kappa shape index (κ2) is 9.56. The first-order chi connectivity index (χ1) is 14.5. The molecule has 0 atom stereocenters. The van der Waals surface area contributed by atoms with E-state index in [1.807, 2.05) is 50.3 Å². The van der Waals surface area contributed by atoms with Gasteiger partial charge in [0.2, 0.25) is 5.91 Å². The highest BCUT2D eigenvalue weighted by Crippen LogP contribution is 2.17. The molecular weight excluding hydrogens is 382 g/mol. The lowest BCUT2D eigenvalue weighted by atomic mass is 10.1. The van der Waals surface area contributed by atoms with Crippen molar-refractivity contribution in [2.75, 3.05) is 18.5 Å². The zero-order chi connectivity index (χ0) is 21.5. The van der Waals surface area contributed by atoms with Gasteiger partial charge in [0.1, 0.15) is 18.0 Å². The minimum atomic E-state index is -0.624. The third kappa shape index (κ3) is 5.35. The van der Waals surface area contributed by atoms with E-state index in [9.17, 15) is 14.4 Å². The summed E-state index contributed by atoms with van der Waals surface area (Å²) in [5.41, 5.74) is 2.47. The minimum absolute atomic E-state index is 0.138. The number of rotatable bonds is 7. The summed E-state index contributed by atoms with van der Waals surface area (Å²) in [6.45, 7) is 3.89. The monoisotopic (exact) mass is 405 g/mol. The highest BCUT2D eigenvalue weighted by molar-refractivity contribution is 6.14. The number of hydrogen-bond acceptors (Lipinski definition) is 4. The number of ether oxygens (including phenoxy) is 1. The predicted octanol–water partition coefficient (Wildman–Crippen LogP) is 3.56. The number of carbonyl (C=O) groups excluding carboxylic acids is 3. The maximum atomic E-state index is 12.6. The van der Waals surface area contributed by atoms with Crippen molar-refractivity contribution >= 4 is 29.6 Å². The van der Waals surface area contributed by atoms with E-state index in [0.717, 1.165) is 16.0 Å². The Labute approximate surface area is 175 Å². The van der Waals surface area contributed by atoms with Crippen molar-refractivity contribution < 1.29 is 19.1 Å². The van der Waals surface area contributed by atoms with Crippen LogP contribution in [0.1, 0.15) is 19.4 Å². The number of benzene rings is 2. The van der Waals surface area contributed by atoms with Gasteiger partial charge in [0, 0.05) is 5.69 Å². The van der Waals surface area contributed by atoms with Crippen LogP contribution >= 0.6 is 0 Å². The molecule has 0 aliphatic carbocycles. The molecule has 7 heteroatoms. The highest BCUT2D eigenvalue weighted by Gasteiger charge is 2.34. The standard InChI is InChI=1S/C23H23N3O4/c1-3-30-19-11-9-18(10-12-19)24-21(27)15-26-22(28)20(25-23(26)29)14-16(2)13-17-7-5-4-6-8-17/h4-14H,3,15H2,1-2H3,(H,24,27)(H,25,29)/b16-13+,20-14-. The molecule has 4 amide bonds. The summed E-state index contributed by atoms with van der Waals surface area (Å²) in [6.07, 6.45) is 3.49. The lowest BCUT2D eigenvalue weighted by Gasteiger charge is -2.12. The summed E-state index contributed by atoms with van der Waals surface area (Å²) in [5.74, 6) is -0.318. The Morgan fingerprint density at radius 2 is 1.80 bits per heavy atom. The average molecular weight is 405 g/mol. The van der Waals surface area contributed by atoms with Gasteiger partial charge in [-0.15, -0.1) is 0 Å². The van der Waals surface area contributed by atoms with E-state index in [1.165, 1.54) is 0 Å². The Bertz CT molecular complexity index is 995. The number of anilines is 1. The van der Waals surface area contributed by atoms with Crippen molar-refractivity contribution in [1.82, 2.24) is 10.2 Å². The molecule has 0 unspecified atom stereocenters. The van der Waals surface area contributed by atoms with Gasteiger partial charge >= 0.3 is 6.03 Å². The second-order valence-electron chi connectivity index (χ2n) is 6.68. The normalized spacial score (nSPS) is 15.3. The van der Waals surface area contributed by atoms with Crippen LogP contribution in [0.15, 0.2) is 71.9 Å². The summed E-state index contributed by atoms with van der Waals surface area (Å²) in [7, 11) is 0. The van der Waals surface area contributed by atoms with Gasteiger partial charge in [-0.2, -0.15) is 0 Å². The van der Waals surface area contributed by atoms with Crippen molar-refractivity contribution in [3.05, 3.63) is 77.5 Å². The zero-order valence-electron chi connectivity index (χ0n) is 16.8. The van der Waals surface area contributed by atoms with Crippen LogP contribution in [0, 0.1) is 0 Å². The molecule has 2 aromatic carbocycles. The number of urea groups is 1. The van der Waals surface area contributed by atoms with Crippen LogP contribution in [0.4, 0.5) is 10.5 Å². The quantitative estimate of drug-likeness (QED) is 0.545. The molecular formula is C23H23N3O4. The lowest BCUT2D eigenvalue weighted by molar-refractivity contribution is -0.127. The van der Waals surface area contributed by atoms with Gasteiger partial charge < -0.3 is 15.4 Å². The van der Waals surface area contributed by atoms with E-state index in [2.05, 4.69) is 10.6 Å². The summed E-state index contributed by atoms with van der Waals surface area (Å²) in [5, 5.41) is 5.19. The molecule has 0 radical (unpaired) electrons. The first kappa shape index (κ1) is 20.9. The third-order valence-corrected chi connectivity index (χ3v) is 4.28. The Morgan fingerprint density at radius 3 is 2.47 bits per heavy atom. The molecule has 30 heavy (non-hydrogen) atoms. The maximum absolute atomic E-state index is 12.6. The highest BCUT2D eigenvalue weighted by atomic mass is 16.5. The van der Waals surface area contributed by atoms with Crippen LogP contribution < -0.4 is 15.4 Å². The van der Waals surface area contributed by atoms with E-state index >= 15 is 0 Å². The third-order valence-electron chi connectivity index (χ3n) is 4.28. The van der Waals surface area contributed by atoms with Crippen molar-refractivity contribution in [2.45, 2.75) is 13.8 Å². The van der Waals surface area contributed by atoms with Crippen molar-refractivity contribution in [3.8, 4) is 5.75 Å². The van der Waals surface area contributed by atoms with Gasteiger partial charge in [0.25, 0.3) is 5.91 Å². The van der Waals surface area contributed by atoms with Crippen molar-refractivity contribution in [3.63, 3.8) is 0 Å². The molecule has 1 fully saturated rings. The van der Waals surface area contributed by atoms with E-state index in [1.54, 1.807) is 30.3 Å². The number of nitrogens with zero attached hydrogens (tertiary/aromatic N) is 1. The fraction of sp³-hybridized carbons (Fsp3) is 0.174. The molecule has 2 aromatic rings. The molecule has 3 rings (SSSR count). The first-order valence-electron chi connectivity index (χ1n) is 9.57. The Morgan fingerprint density at radius 1 is 1.10 bits per heavy atom. The Kier molecular flexibility index (Phi) is 6.64. The largest absolute Gasteiger partial charge is 0.494 e. The number of allylic oxidation sites excluding steroid dienone is 2. The van der Waals surface area contributed by atoms with Gasteiger partial charge in [-0.05, 0) is 55.3 Å². The minimum Gasteiger partial charge on any atom is -0.494 e. The molecule has 0 spiro atoms. The SMILES string of the molecule is CCOc1ccc(NC(=O)CN2C(=O)N/C(=C\C(C)=C\c3ccccc3)C2=O)cc1. The molecule has 1 saturated heterocycles. The van der Waals surface area contributed by atoms with Gasteiger partial charge in [-0.1, -0.05) is 36.4 Å². The summed E-state index contributed by atoms with van der Waals surface area (Å²) in [6, 6.07) is 15.9. The molecule has 0 saturated carbocycles. The maximum Gasteiger partial charge on any atom is 0.329 e. The van der Waals surface area contributed by atoms with E-state index in [4.69, 9.17) is 4.74 Å². The number of carbonyl (C=O) groups is 3. The number of nitrogens with one attached hydrogen (secondary N) is 2. The van der Waals surface area contributed by atoms with Gasteiger partial charge in [-0.3, -0.25) is 9.59 Å². The van der Waals surface area contributed by atoms with Crippen LogP contribution in [-0.2, 0) is 9.59 Å². The molecule has 7 nitrogen and oxygen atoms in total. The predicted molar refractivity (Wildman–Crippen MR) is 115 cm³/mol. The van der Waals surface area contributed by atoms with Gasteiger partial charge in [0.05, 0.1) is 6.61 Å². The number of hydrogen-bond donors (Lipinski definition) is 2. The fourth-order valence-corrected chi connectivity index (χ4v) is 2.94. The van der Waals surface area contributed by atoms with E-state index in [-0.39, 0.29) is 12.2 Å². The smallest absolute Gasteiger partial charge is 0.329 e. The average Bonchev–Trinajstić information content (AvgIpc) is 2.97. The number of amides is 4. The second-order valence-corrected chi connectivity index (χ2v) is 6.68. The van der Waals surface area contributed by atoms with E-state index < -0.39 is 17.8 Å². The topological polar surface area (TPSA) is 87.7 Å². The summed E-state index contributed by atoms with van der Waals surface area (Å²) >= 11 is 0. The Balaban J connectivity index is 1.63. The zero-order valence-corrected chi connectivity index (χ0v) is 16.8. The van der Waals surface area contributed by atoms with E-state index in [0.29, 0.717) is 18.0 Å². The lowest BCUT2D eigenvalue weighted by Crippen LogP contribution is -2.38. The van der Waals surface area contributed by atoms with Crippen molar-refractivity contribution in [2.24, 2.45) is 0 Å². The summed E-state index contributed by atoms with van der Waals surface area (Å²) in [4.78, 5) is 37.9. The molecule has 1 aliphatic rings. The molecule has 1 aliphatic heterocycles. The Hall–Kier alpha value is -3.87. The summed E-state index contributed by atoms with van der Waals surface area (Å²) < 4.78 is 5.35.